The van der Waals surface area contributed by atoms with Gasteiger partial charge in [0.1, 0.15) is 73.2 Å². The molecule has 102 heavy (non-hydrogen) atoms. The number of rotatable bonds is 61. The maximum Gasteiger partial charge on any atom is 0.220 e. The molecule has 12 N–H and O–H groups in total. The van der Waals surface area contributed by atoms with Gasteiger partial charge in [0.05, 0.1) is 38.6 Å². The zero-order chi connectivity index (χ0) is 73.9. The van der Waals surface area contributed by atoms with Crippen molar-refractivity contribution in [2.24, 2.45) is 0 Å². The first kappa shape index (κ1) is 92.4. The smallest absolute Gasteiger partial charge is 0.220 e. The molecule has 3 heterocycles. The Labute approximate surface area is 614 Å². The predicted octanol–water partition coefficient (Wildman–Crippen LogP) is 13.1. The van der Waals surface area contributed by atoms with E-state index in [2.05, 4.69) is 129 Å². The number of carbonyl (C=O) groups is 1. The number of ether oxygens (including phenoxy) is 6. The van der Waals surface area contributed by atoms with Gasteiger partial charge in [-0.15, -0.1) is 0 Å². The Balaban J connectivity index is 1.31. The average Bonchev–Trinajstić information content (AvgIpc) is 0.755. The van der Waals surface area contributed by atoms with E-state index in [0.29, 0.717) is 12.8 Å². The summed E-state index contributed by atoms with van der Waals surface area (Å²) in [5.41, 5.74) is 0. The molecule has 0 aromatic rings. The molecule has 3 aliphatic rings. The number of carbonyl (C=O) groups excluding carboxylic acids is 1. The van der Waals surface area contributed by atoms with E-state index in [0.717, 1.165) is 89.9 Å². The van der Waals surface area contributed by atoms with Gasteiger partial charge in [-0.05, 0) is 96.3 Å². The van der Waals surface area contributed by atoms with Crippen LogP contribution in [0.25, 0.3) is 0 Å². The number of hydrogen-bond donors (Lipinski definition) is 12. The molecule has 586 valence electrons. The lowest BCUT2D eigenvalue weighted by Crippen LogP contribution is -2.66. The lowest BCUT2D eigenvalue weighted by Gasteiger charge is -2.48. The summed E-state index contributed by atoms with van der Waals surface area (Å²) in [5, 5.41) is 121. The topological polar surface area (TPSA) is 307 Å². The molecule has 0 bridgehead atoms. The molecule has 0 aromatic carbocycles. The zero-order valence-corrected chi connectivity index (χ0v) is 62.5. The highest BCUT2D eigenvalue weighted by molar-refractivity contribution is 5.76. The van der Waals surface area contributed by atoms with E-state index < -0.39 is 124 Å². The molecular formula is C83H141NO18. The van der Waals surface area contributed by atoms with Crippen LogP contribution in [0, 0.1) is 0 Å². The van der Waals surface area contributed by atoms with E-state index >= 15 is 0 Å². The Morgan fingerprint density at radius 1 is 0.363 bits per heavy atom. The van der Waals surface area contributed by atoms with Crippen LogP contribution in [0.5, 0.6) is 0 Å². The van der Waals surface area contributed by atoms with Crippen LogP contribution in [-0.2, 0) is 33.2 Å². The van der Waals surface area contributed by atoms with Gasteiger partial charge in [-0.3, -0.25) is 4.79 Å². The highest BCUT2D eigenvalue weighted by atomic mass is 16.8. The summed E-state index contributed by atoms with van der Waals surface area (Å²) in [5.74, 6) is -0.288. The summed E-state index contributed by atoms with van der Waals surface area (Å²) in [6, 6.07) is -0.996. The molecule has 3 saturated heterocycles. The molecule has 0 spiro atoms. The molecule has 0 radical (unpaired) electrons. The Morgan fingerprint density at radius 2 is 0.686 bits per heavy atom. The van der Waals surface area contributed by atoms with Gasteiger partial charge in [0, 0.05) is 6.42 Å². The zero-order valence-electron chi connectivity index (χ0n) is 62.5. The van der Waals surface area contributed by atoms with E-state index in [4.69, 9.17) is 28.4 Å². The van der Waals surface area contributed by atoms with Crippen LogP contribution in [0.3, 0.4) is 0 Å². The van der Waals surface area contributed by atoms with Crippen molar-refractivity contribution < 1.29 is 89.4 Å². The summed E-state index contributed by atoms with van der Waals surface area (Å²) in [7, 11) is 0. The number of allylic oxidation sites excluding steroid dienone is 19. The summed E-state index contributed by atoms with van der Waals surface area (Å²) < 4.78 is 34.4. The van der Waals surface area contributed by atoms with E-state index in [1.165, 1.54) is 141 Å². The van der Waals surface area contributed by atoms with Gasteiger partial charge in [0.2, 0.25) is 5.91 Å². The summed E-state index contributed by atoms with van der Waals surface area (Å²) in [6.45, 7) is 1.60. The van der Waals surface area contributed by atoms with Crippen molar-refractivity contribution in [1.29, 1.82) is 0 Å². The maximum absolute atomic E-state index is 13.4. The van der Waals surface area contributed by atoms with Crippen LogP contribution >= 0.6 is 0 Å². The Kier molecular flexibility index (Phi) is 56.4. The molecule has 3 aliphatic heterocycles. The summed E-state index contributed by atoms with van der Waals surface area (Å²) in [4.78, 5) is 13.4. The van der Waals surface area contributed by atoms with Crippen molar-refractivity contribution in [3.05, 3.63) is 122 Å². The molecule has 17 atom stereocenters. The number of nitrogens with one attached hydrogen (secondary N) is 1. The highest BCUT2D eigenvalue weighted by Crippen LogP contribution is 2.33. The average molecular weight is 1440 g/mol. The molecule has 3 fully saturated rings. The van der Waals surface area contributed by atoms with Gasteiger partial charge in [-0.2, -0.15) is 0 Å². The number of unbranched alkanes of at least 4 members (excludes halogenated alkanes) is 27. The molecule has 3 rings (SSSR count). The van der Waals surface area contributed by atoms with E-state index in [1.54, 1.807) is 6.08 Å². The van der Waals surface area contributed by atoms with E-state index in [1.807, 2.05) is 6.08 Å². The predicted molar refractivity (Wildman–Crippen MR) is 406 cm³/mol. The lowest BCUT2D eigenvalue weighted by atomic mass is 9.96. The minimum atomic E-state index is -1.98. The van der Waals surface area contributed by atoms with Crippen LogP contribution in [-0.4, -0.2) is 193 Å². The van der Waals surface area contributed by atoms with Gasteiger partial charge in [0.15, 0.2) is 18.9 Å². The van der Waals surface area contributed by atoms with Gasteiger partial charge in [0.25, 0.3) is 0 Å². The highest BCUT2D eigenvalue weighted by Gasteiger charge is 2.53. The minimum Gasteiger partial charge on any atom is -0.394 e. The van der Waals surface area contributed by atoms with E-state index in [-0.39, 0.29) is 18.9 Å². The largest absolute Gasteiger partial charge is 0.394 e. The number of amides is 1. The van der Waals surface area contributed by atoms with Crippen molar-refractivity contribution in [3.8, 4) is 0 Å². The quantitative estimate of drug-likeness (QED) is 0.0199. The first-order valence-corrected chi connectivity index (χ1v) is 39.8. The molecule has 0 saturated carbocycles. The third-order valence-electron chi connectivity index (χ3n) is 19.0. The van der Waals surface area contributed by atoms with Crippen molar-refractivity contribution >= 4 is 5.91 Å². The van der Waals surface area contributed by atoms with Gasteiger partial charge < -0.3 is 89.9 Å². The molecule has 0 aliphatic carbocycles. The van der Waals surface area contributed by atoms with Crippen LogP contribution in [0.15, 0.2) is 122 Å². The second-order valence-electron chi connectivity index (χ2n) is 27.8. The maximum atomic E-state index is 13.4. The van der Waals surface area contributed by atoms with Crippen molar-refractivity contribution in [1.82, 2.24) is 5.32 Å². The second-order valence-corrected chi connectivity index (χ2v) is 27.8. The molecule has 1 amide bonds. The minimum absolute atomic E-state index is 0.230. The Bertz CT molecular complexity index is 2320. The first-order valence-electron chi connectivity index (χ1n) is 39.8. The number of hydrogen-bond acceptors (Lipinski definition) is 18. The SMILES string of the molecule is CC/C=C\C/C=C\C/C=C\C/C=C\C/C=C\C/C=C\C/C=C\C/C=C\CCCCCCCCCCCCCCCCCCC(=O)NC(COC1OC(CO)C(OC2OC(CO)C(OC3OC(CO)C(O)C(O)C3O)C(O)C2O)C(O)C1O)C(O)/C=C/CC/C=C/CCCCCCCCCCCC. The fourth-order valence-electron chi connectivity index (χ4n) is 12.6. The number of aliphatic hydroxyl groups is 11. The number of aliphatic hydroxyl groups excluding tert-OH is 11. The van der Waals surface area contributed by atoms with Crippen molar-refractivity contribution in [2.75, 3.05) is 26.4 Å². The van der Waals surface area contributed by atoms with Crippen molar-refractivity contribution in [3.63, 3.8) is 0 Å². The fourth-order valence-corrected chi connectivity index (χ4v) is 12.6. The monoisotopic (exact) mass is 1440 g/mol. The Hall–Kier alpha value is -3.81. The third kappa shape index (κ3) is 41.9. The van der Waals surface area contributed by atoms with E-state index in [9.17, 15) is 61.0 Å². The summed E-state index contributed by atoms with van der Waals surface area (Å²) in [6.07, 6.45) is 60.5. The van der Waals surface area contributed by atoms with Gasteiger partial charge >= 0.3 is 0 Å². The normalized spacial score (nSPS) is 26.9. The Morgan fingerprint density at radius 3 is 1.10 bits per heavy atom. The molecular weight excluding hydrogens is 1300 g/mol. The first-order chi connectivity index (χ1) is 49.8. The van der Waals surface area contributed by atoms with Crippen LogP contribution in [0.4, 0.5) is 0 Å². The summed E-state index contributed by atoms with van der Waals surface area (Å²) >= 11 is 0. The fraction of sp³-hybridized carbons (Fsp3) is 0.747. The van der Waals surface area contributed by atoms with Crippen LogP contribution < -0.4 is 5.32 Å². The van der Waals surface area contributed by atoms with Crippen LogP contribution in [0.2, 0.25) is 0 Å². The lowest BCUT2D eigenvalue weighted by molar-refractivity contribution is -0.379. The van der Waals surface area contributed by atoms with Gasteiger partial charge in [-0.25, -0.2) is 0 Å². The van der Waals surface area contributed by atoms with Gasteiger partial charge in [-0.1, -0.05) is 283 Å². The molecule has 19 nitrogen and oxygen atoms in total. The van der Waals surface area contributed by atoms with Crippen LogP contribution in [0.1, 0.15) is 264 Å². The molecule has 19 heteroatoms. The third-order valence-corrected chi connectivity index (χ3v) is 19.0. The molecule has 17 unspecified atom stereocenters. The van der Waals surface area contributed by atoms with Crippen molar-refractivity contribution in [2.45, 2.75) is 369 Å². The standard InChI is InChI=1S/C83H141NO18/c1-3-5-7-9-11-13-15-17-19-21-22-23-24-25-26-27-28-29-30-31-32-33-34-35-36-37-38-39-40-41-42-43-44-45-47-49-51-53-55-57-59-61-71(89)84-66(67(88)60-58-56-54-52-50-48-46-20-18-16-14-12-10-8-6-4-2)65-97-81-77(95)74(92)79(69(63-86)99-81)102-83-78(96)75(93)80(70(64-87)100-83)101-82-76(94)73(91)72(90)68(62-85)98-82/h5,7,11,13,17,19,22-23,25-26,28-29,31-32,34-35,50,52,58,60,66-70,72-83,85-88,90-96H,3-4,6,8-10,12,14-16,18,20-21,24,27,30,33,36-49,51,53-57,59,61-65H2,1-2H3,(H,84,89)/b7-5-,13-11-,19-17-,23-22-,26-25-,29-28-,32-31-,35-34-,52-50+,60-58+. The molecule has 0 aromatic heterocycles. The second kappa shape index (κ2) is 62.3.